The summed E-state index contributed by atoms with van der Waals surface area (Å²) >= 11 is 0. The summed E-state index contributed by atoms with van der Waals surface area (Å²) in [6.45, 7) is 1.90. The minimum atomic E-state index is -0.357. The molecule has 1 aromatic rings. The molecule has 0 atom stereocenters. The van der Waals surface area contributed by atoms with E-state index in [1.165, 1.54) is 7.11 Å². The predicted octanol–water partition coefficient (Wildman–Crippen LogP) is 2.11. The van der Waals surface area contributed by atoms with Gasteiger partial charge in [0.2, 0.25) is 0 Å². The highest BCUT2D eigenvalue weighted by Gasteiger charge is 2.11. The van der Waals surface area contributed by atoms with Gasteiger partial charge in [-0.2, -0.15) is 0 Å². The van der Waals surface area contributed by atoms with Crippen LogP contribution in [0.2, 0.25) is 0 Å². The van der Waals surface area contributed by atoms with E-state index in [9.17, 15) is 9.59 Å². The van der Waals surface area contributed by atoms with Crippen molar-refractivity contribution in [2.75, 3.05) is 7.11 Å². The van der Waals surface area contributed by atoms with Crippen LogP contribution in [0.4, 0.5) is 0 Å². The Hall–Kier alpha value is -1.84. The van der Waals surface area contributed by atoms with E-state index < -0.39 is 0 Å². The van der Waals surface area contributed by atoms with E-state index in [2.05, 4.69) is 4.74 Å². The van der Waals surface area contributed by atoms with E-state index in [0.29, 0.717) is 17.7 Å². The van der Waals surface area contributed by atoms with Crippen LogP contribution in [0.15, 0.2) is 24.3 Å². The molecule has 0 N–H and O–H groups in total. The number of esters is 2. The molecule has 1 rings (SSSR count). The van der Waals surface area contributed by atoms with Crippen molar-refractivity contribution in [3.8, 4) is 5.75 Å². The van der Waals surface area contributed by atoms with Crippen molar-refractivity contribution in [2.45, 2.75) is 26.2 Å². The number of carbonyl (C=O) groups is 2. The first-order chi connectivity index (χ1) is 8.17. The molecule has 0 aromatic heterocycles. The molecule has 17 heavy (non-hydrogen) atoms. The molecule has 0 radical (unpaired) electrons. The van der Waals surface area contributed by atoms with Crippen molar-refractivity contribution in [3.63, 3.8) is 0 Å². The second kappa shape index (κ2) is 6.68. The minimum absolute atomic E-state index is 0.103. The van der Waals surface area contributed by atoms with Crippen molar-refractivity contribution in [2.24, 2.45) is 0 Å². The number of ether oxygens (including phenoxy) is 2. The molecule has 0 saturated heterocycles. The zero-order chi connectivity index (χ0) is 12.7. The summed E-state index contributed by atoms with van der Waals surface area (Å²) < 4.78 is 9.77. The Balaban J connectivity index is 2.77. The summed E-state index contributed by atoms with van der Waals surface area (Å²) in [7, 11) is 1.33. The Labute approximate surface area is 101 Å². The van der Waals surface area contributed by atoms with Crippen LogP contribution >= 0.6 is 0 Å². The highest BCUT2D eigenvalue weighted by molar-refractivity contribution is 5.76. The molecular formula is C13H16O4. The highest BCUT2D eigenvalue weighted by Crippen LogP contribution is 2.19. The lowest BCUT2D eigenvalue weighted by Crippen LogP contribution is -2.11. The lowest BCUT2D eigenvalue weighted by Gasteiger charge is -2.08. The Morgan fingerprint density at radius 2 is 1.88 bits per heavy atom. The smallest absolute Gasteiger partial charge is 0.311 e. The van der Waals surface area contributed by atoms with Crippen LogP contribution in [-0.4, -0.2) is 19.0 Å². The van der Waals surface area contributed by atoms with Gasteiger partial charge in [-0.15, -0.1) is 0 Å². The summed E-state index contributed by atoms with van der Waals surface area (Å²) in [5.74, 6) is -0.217. The van der Waals surface area contributed by atoms with Crippen LogP contribution < -0.4 is 4.74 Å². The lowest BCUT2D eigenvalue weighted by molar-refractivity contribution is -0.140. The van der Waals surface area contributed by atoms with Crippen LogP contribution in [0.25, 0.3) is 0 Å². The normalized spacial score (nSPS) is 9.76. The maximum atomic E-state index is 11.4. The lowest BCUT2D eigenvalue weighted by atomic mass is 10.1. The average molecular weight is 236 g/mol. The van der Waals surface area contributed by atoms with Gasteiger partial charge in [0.15, 0.2) is 0 Å². The van der Waals surface area contributed by atoms with Gasteiger partial charge in [-0.05, 0) is 12.5 Å². The van der Waals surface area contributed by atoms with Crippen molar-refractivity contribution in [3.05, 3.63) is 29.8 Å². The molecule has 0 aliphatic heterocycles. The Morgan fingerprint density at radius 3 is 2.53 bits per heavy atom. The highest BCUT2D eigenvalue weighted by atomic mass is 16.5. The molecule has 0 fully saturated rings. The van der Waals surface area contributed by atoms with E-state index in [-0.39, 0.29) is 18.4 Å². The molecule has 0 spiro atoms. The van der Waals surface area contributed by atoms with Crippen LogP contribution in [0.3, 0.4) is 0 Å². The number of carbonyl (C=O) groups excluding carboxylic acids is 2. The number of hydrogen-bond acceptors (Lipinski definition) is 4. The van der Waals surface area contributed by atoms with Gasteiger partial charge in [-0.1, -0.05) is 25.1 Å². The monoisotopic (exact) mass is 236 g/mol. The summed E-state index contributed by atoms with van der Waals surface area (Å²) in [6.07, 6.45) is 1.20. The molecule has 0 aliphatic rings. The van der Waals surface area contributed by atoms with Gasteiger partial charge in [0.25, 0.3) is 0 Å². The molecular weight excluding hydrogens is 220 g/mol. The van der Waals surface area contributed by atoms with Gasteiger partial charge in [0.1, 0.15) is 5.75 Å². The Bertz CT molecular complexity index is 398. The fraction of sp³-hybridized carbons (Fsp3) is 0.385. The molecule has 92 valence electrons. The molecule has 0 heterocycles. The first kappa shape index (κ1) is 13.2. The van der Waals surface area contributed by atoms with Crippen LogP contribution in [0.1, 0.15) is 25.3 Å². The molecule has 0 bridgehead atoms. The van der Waals surface area contributed by atoms with E-state index in [1.54, 1.807) is 24.3 Å². The molecule has 0 aliphatic carbocycles. The van der Waals surface area contributed by atoms with Crippen LogP contribution in [-0.2, 0) is 20.7 Å². The van der Waals surface area contributed by atoms with Crippen LogP contribution in [0, 0.1) is 0 Å². The third-order valence-corrected chi connectivity index (χ3v) is 2.21. The van der Waals surface area contributed by atoms with E-state index in [0.717, 1.165) is 6.42 Å². The summed E-state index contributed by atoms with van der Waals surface area (Å²) in [4.78, 5) is 22.6. The first-order valence-electron chi connectivity index (χ1n) is 5.52. The molecule has 0 amide bonds. The predicted molar refractivity (Wildman–Crippen MR) is 62.7 cm³/mol. The number of hydrogen-bond donors (Lipinski definition) is 0. The van der Waals surface area contributed by atoms with Gasteiger partial charge >= 0.3 is 11.9 Å². The fourth-order valence-corrected chi connectivity index (χ4v) is 1.35. The summed E-state index contributed by atoms with van der Waals surface area (Å²) in [5.41, 5.74) is 0.656. The van der Waals surface area contributed by atoms with Crippen molar-refractivity contribution in [1.82, 2.24) is 0 Å². The van der Waals surface area contributed by atoms with Crippen LogP contribution in [0.5, 0.6) is 5.75 Å². The zero-order valence-corrected chi connectivity index (χ0v) is 10.1. The topological polar surface area (TPSA) is 52.6 Å². The van der Waals surface area contributed by atoms with Gasteiger partial charge < -0.3 is 9.47 Å². The molecule has 1 aromatic carbocycles. The Kier molecular flexibility index (Phi) is 5.20. The SMILES string of the molecule is CCCC(=O)Oc1ccccc1CC(=O)OC. The van der Waals surface area contributed by atoms with Gasteiger partial charge in [0, 0.05) is 12.0 Å². The number of para-hydroxylation sites is 1. The third-order valence-electron chi connectivity index (χ3n) is 2.21. The quantitative estimate of drug-likeness (QED) is 0.580. The standard InChI is InChI=1S/C13H16O4/c1-3-6-12(14)17-11-8-5-4-7-10(11)9-13(15)16-2/h4-5,7-8H,3,6,9H2,1-2H3. The second-order valence-corrected chi connectivity index (χ2v) is 3.58. The first-order valence-corrected chi connectivity index (χ1v) is 5.52. The molecule has 4 nitrogen and oxygen atoms in total. The number of rotatable bonds is 5. The van der Waals surface area contributed by atoms with Gasteiger partial charge in [-0.3, -0.25) is 9.59 Å². The largest absolute Gasteiger partial charge is 0.469 e. The molecule has 0 saturated carbocycles. The van der Waals surface area contributed by atoms with E-state index >= 15 is 0 Å². The van der Waals surface area contributed by atoms with E-state index in [1.807, 2.05) is 6.92 Å². The van der Waals surface area contributed by atoms with Crippen molar-refractivity contribution in [1.29, 1.82) is 0 Å². The Morgan fingerprint density at radius 1 is 1.18 bits per heavy atom. The number of methoxy groups -OCH3 is 1. The average Bonchev–Trinajstić information content (AvgIpc) is 2.31. The summed E-state index contributed by atoms with van der Waals surface area (Å²) in [5, 5.41) is 0. The fourth-order valence-electron chi connectivity index (χ4n) is 1.35. The molecule has 0 unspecified atom stereocenters. The van der Waals surface area contributed by atoms with Crippen molar-refractivity contribution < 1.29 is 19.1 Å². The van der Waals surface area contributed by atoms with Gasteiger partial charge in [-0.25, -0.2) is 0 Å². The third kappa shape index (κ3) is 4.26. The maximum absolute atomic E-state index is 11.4. The maximum Gasteiger partial charge on any atom is 0.311 e. The minimum Gasteiger partial charge on any atom is -0.469 e. The number of benzene rings is 1. The van der Waals surface area contributed by atoms with E-state index in [4.69, 9.17) is 4.74 Å². The van der Waals surface area contributed by atoms with Crippen molar-refractivity contribution >= 4 is 11.9 Å². The molecule has 4 heteroatoms. The second-order valence-electron chi connectivity index (χ2n) is 3.58. The zero-order valence-electron chi connectivity index (χ0n) is 10.1. The summed E-state index contributed by atoms with van der Waals surface area (Å²) in [6, 6.07) is 6.96. The van der Waals surface area contributed by atoms with Gasteiger partial charge in [0.05, 0.1) is 13.5 Å².